The minimum atomic E-state index is -1.84. The molecule has 2 fully saturated rings. The fourth-order valence-electron chi connectivity index (χ4n) is 4.73. The molecule has 1 unspecified atom stereocenters. The maximum atomic E-state index is 13.0. The molecule has 40 heavy (non-hydrogen) atoms. The molecule has 9 nitrogen and oxygen atoms in total. The lowest BCUT2D eigenvalue weighted by molar-refractivity contribution is -0.138. The standard InChI is InChI=1S/C19H25BFN3O5.C9H18FN/c1-13(11-22)18(25)24-9-3-2-4-16(24)12-29-19(26)23-17(20(27)28)10-14-5-7-15(21)8-6-14;1-4-9(2,3)11-6-5-8(10)7-11/h5-8,13,16-17,27-28H,2-4,9-10,12H2,1H3,(H,23,26);8H,4-7H2,1-3H3/t13?,16-,17+;8-/m10/s1. The van der Waals surface area contributed by atoms with E-state index in [0.717, 1.165) is 32.2 Å². The van der Waals surface area contributed by atoms with Crippen molar-refractivity contribution in [2.75, 3.05) is 26.2 Å². The molecule has 0 spiro atoms. The van der Waals surface area contributed by atoms with Crippen LogP contribution < -0.4 is 5.32 Å². The van der Waals surface area contributed by atoms with Crippen LogP contribution in [0.5, 0.6) is 0 Å². The predicted molar refractivity (Wildman–Crippen MR) is 148 cm³/mol. The molecule has 3 rings (SSSR count). The quantitative estimate of drug-likeness (QED) is 0.393. The summed E-state index contributed by atoms with van der Waals surface area (Å²) in [5.74, 6) is -2.52. The largest absolute Gasteiger partial charge is 0.475 e. The van der Waals surface area contributed by atoms with Gasteiger partial charge in [-0.15, -0.1) is 0 Å². The van der Waals surface area contributed by atoms with Gasteiger partial charge in [0.15, 0.2) is 0 Å². The van der Waals surface area contributed by atoms with Gasteiger partial charge in [-0.1, -0.05) is 19.1 Å². The maximum Gasteiger partial charge on any atom is 0.475 e. The van der Waals surface area contributed by atoms with E-state index in [4.69, 9.17) is 10.00 Å². The van der Waals surface area contributed by atoms with Crippen LogP contribution in [-0.4, -0.2) is 88.9 Å². The summed E-state index contributed by atoms with van der Waals surface area (Å²) in [7, 11) is -1.84. The number of nitrogens with zero attached hydrogens (tertiary/aromatic N) is 3. The first-order valence-electron chi connectivity index (χ1n) is 14.0. The molecular weight excluding hydrogens is 521 g/mol. The summed E-state index contributed by atoms with van der Waals surface area (Å²) in [6, 6.07) is 7.05. The monoisotopic (exact) mass is 564 g/mol. The molecule has 0 aliphatic carbocycles. The van der Waals surface area contributed by atoms with E-state index in [1.807, 2.05) is 6.07 Å². The molecule has 1 aromatic rings. The molecule has 2 saturated heterocycles. The number of carbonyl (C=O) groups excluding carboxylic acids is 2. The second-order valence-corrected chi connectivity index (χ2v) is 11.1. The van der Waals surface area contributed by atoms with E-state index in [2.05, 4.69) is 31.0 Å². The van der Waals surface area contributed by atoms with Crippen LogP contribution in [0.2, 0.25) is 0 Å². The van der Waals surface area contributed by atoms with Crippen LogP contribution >= 0.6 is 0 Å². The summed E-state index contributed by atoms with van der Waals surface area (Å²) < 4.78 is 31.0. The van der Waals surface area contributed by atoms with Gasteiger partial charge in [-0.2, -0.15) is 5.26 Å². The van der Waals surface area contributed by atoms with E-state index in [-0.39, 0.29) is 30.5 Å². The Labute approximate surface area is 236 Å². The summed E-state index contributed by atoms with van der Waals surface area (Å²) in [6.07, 6.45) is 2.81. The molecule has 0 saturated carbocycles. The molecule has 0 aromatic heterocycles. The zero-order chi connectivity index (χ0) is 29.9. The zero-order valence-electron chi connectivity index (χ0n) is 24.0. The molecular formula is C28H43BF2N4O5. The lowest BCUT2D eigenvalue weighted by Crippen LogP contribution is -2.51. The number of hydrogen-bond donors (Lipinski definition) is 3. The number of alkyl halides is 1. The second kappa shape index (κ2) is 15.9. The Kier molecular flexibility index (Phi) is 13.3. The number of hydrogen-bond acceptors (Lipinski definition) is 7. The van der Waals surface area contributed by atoms with Crippen LogP contribution in [0.25, 0.3) is 0 Å². The van der Waals surface area contributed by atoms with Gasteiger partial charge >= 0.3 is 13.2 Å². The van der Waals surface area contributed by atoms with Gasteiger partial charge in [0.2, 0.25) is 5.91 Å². The van der Waals surface area contributed by atoms with E-state index >= 15 is 0 Å². The highest BCUT2D eigenvalue weighted by molar-refractivity contribution is 6.43. The Morgan fingerprint density at radius 2 is 1.90 bits per heavy atom. The van der Waals surface area contributed by atoms with Crippen molar-refractivity contribution < 1.29 is 33.2 Å². The zero-order valence-corrected chi connectivity index (χ0v) is 24.0. The number of alkyl carbamates (subject to hydrolysis) is 1. The summed E-state index contributed by atoms with van der Waals surface area (Å²) in [5.41, 5.74) is 0.806. The number of likely N-dealkylation sites (tertiary alicyclic amines) is 2. The van der Waals surface area contributed by atoms with E-state index in [9.17, 15) is 28.4 Å². The second-order valence-electron chi connectivity index (χ2n) is 11.1. The number of nitriles is 1. The van der Waals surface area contributed by atoms with Crippen molar-refractivity contribution in [2.45, 2.75) is 89.9 Å². The third kappa shape index (κ3) is 10.3. The van der Waals surface area contributed by atoms with Gasteiger partial charge in [0.1, 0.15) is 24.5 Å². The molecule has 222 valence electrons. The molecule has 2 amide bonds. The number of nitrogens with one attached hydrogen (secondary N) is 1. The van der Waals surface area contributed by atoms with E-state index in [1.54, 1.807) is 4.90 Å². The molecule has 2 aliphatic heterocycles. The van der Waals surface area contributed by atoms with Gasteiger partial charge < -0.3 is 25.0 Å². The van der Waals surface area contributed by atoms with Gasteiger partial charge in [-0.3, -0.25) is 9.69 Å². The van der Waals surface area contributed by atoms with Crippen molar-refractivity contribution in [3.8, 4) is 6.07 Å². The van der Waals surface area contributed by atoms with Crippen molar-refractivity contribution in [3.05, 3.63) is 35.6 Å². The van der Waals surface area contributed by atoms with E-state index in [1.165, 1.54) is 31.2 Å². The smallest absolute Gasteiger partial charge is 0.447 e. The Hall–Kier alpha value is -2.75. The van der Waals surface area contributed by atoms with Crippen LogP contribution in [0, 0.1) is 23.1 Å². The van der Waals surface area contributed by atoms with Crippen LogP contribution in [-0.2, 0) is 16.0 Å². The number of halogens is 2. The number of benzene rings is 1. The Morgan fingerprint density at radius 1 is 1.23 bits per heavy atom. The average molecular weight is 564 g/mol. The third-order valence-electron chi connectivity index (χ3n) is 7.77. The minimum absolute atomic E-state index is 0.0550. The highest BCUT2D eigenvalue weighted by atomic mass is 19.1. The van der Waals surface area contributed by atoms with Crippen LogP contribution in [0.3, 0.4) is 0 Å². The SMILES string of the molecule is CC(C#N)C(=O)N1CCCC[C@@H]1COC(=O)N[C@@H](Cc1ccc(F)cc1)B(O)O.CCC(C)(C)N1CC[C@H](F)C1. The summed E-state index contributed by atoms with van der Waals surface area (Å²) >= 11 is 0. The van der Waals surface area contributed by atoms with Crippen molar-refractivity contribution >= 4 is 19.1 Å². The van der Waals surface area contributed by atoms with Gasteiger partial charge in [-0.25, -0.2) is 13.6 Å². The molecule has 2 heterocycles. The van der Waals surface area contributed by atoms with Gasteiger partial charge in [0, 0.05) is 25.2 Å². The van der Waals surface area contributed by atoms with Crippen LogP contribution in [0.4, 0.5) is 13.6 Å². The first kappa shape index (κ1) is 33.5. The van der Waals surface area contributed by atoms with Gasteiger partial charge in [0.05, 0.1) is 18.1 Å². The topological polar surface area (TPSA) is 126 Å². The molecule has 0 radical (unpaired) electrons. The maximum absolute atomic E-state index is 13.0. The van der Waals surface area contributed by atoms with Gasteiger partial charge in [0.25, 0.3) is 0 Å². The van der Waals surface area contributed by atoms with Crippen molar-refractivity contribution in [1.29, 1.82) is 5.26 Å². The molecule has 4 atom stereocenters. The number of ether oxygens (including phenoxy) is 1. The Bertz CT molecular complexity index is 992. The fourth-order valence-corrected chi connectivity index (χ4v) is 4.73. The summed E-state index contributed by atoms with van der Waals surface area (Å²) in [5, 5.41) is 30.4. The van der Waals surface area contributed by atoms with Crippen molar-refractivity contribution in [3.63, 3.8) is 0 Å². The average Bonchev–Trinajstić information content (AvgIpc) is 3.39. The number of rotatable bonds is 9. The van der Waals surface area contributed by atoms with Crippen LogP contribution in [0.1, 0.15) is 65.4 Å². The highest BCUT2D eigenvalue weighted by Gasteiger charge is 2.33. The normalized spacial score (nSPS) is 20.9. The predicted octanol–water partition coefficient (Wildman–Crippen LogP) is 3.23. The van der Waals surface area contributed by atoms with Crippen LogP contribution in [0.15, 0.2) is 24.3 Å². The Morgan fingerprint density at radius 3 is 2.45 bits per heavy atom. The van der Waals surface area contributed by atoms with E-state index < -0.39 is 37.1 Å². The third-order valence-corrected chi connectivity index (χ3v) is 7.77. The fraction of sp³-hybridized carbons (Fsp3) is 0.679. The van der Waals surface area contributed by atoms with Gasteiger partial charge in [-0.05, 0) is 77.0 Å². The molecule has 1 aromatic carbocycles. The summed E-state index contributed by atoms with van der Waals surface area (Å²) in [4.78, 5) is 28.3. The Balaban J connectivity index is 0.000000425. The minimum Gasteiger partial charge on any atom is -0.447 e. The molecule has 0 bridgehead atoms. The summed E-state index contributed by atoms with van der Waals surface area (Å²) in [6.45, 7) is 10.1. The molecule has 3 N–H and O–H groups in total. The highest BCUT2D eigenvalue weighted by Crippen LogP contribution is 2.25. The number of amides is 2. The van der Waals surface area contributed by atoms with E-state index in [0.29, 0.717) is 25.1 Å². The molecule has 2 aliphatic rings. The van der Waals surface area contributed by atoms with Crippen molar-refractivity contribution in [2.24, 2.45) is 5.92 Å². The number of carbonyl (C=O) groups is 2. The lowest BCUT2D eigenvalue weighted by Gasteiger charge is -2.36. The first-order chi connectivity index (χ1) is 18.9. The first-order valence-corrected chi connectivity index (χ1v) is 14.0. The van der Waals surface area contributed by atoms with Crippen molar-refractivity contribution in [1.82, 2.24) is 15.1 Å². The lowest BCUT2D eigenvalue weighted by atomic mass is 9.76. The molecule has 12 heteroatoms. The number of piperidine rings is 1.